The van der Waals surface area contributed by atoms with E-state index in [4.69, 9.17) is 0 Å². The highest BCUT2D eigenvalue weighted by Crippen LogP contribution is 2.45. The summed E-state index contributed by atoms with van der Waals surface area (Å²) in [6.45, 7) is 32.2. The van der Waals surface area contributed by atoms with Crippen molar-refractivity contribution in [1.29, 1.82) is 0 Å². The van der Waals surface area contributed by atoms with Gasteiger partial charge in [0, 0.05) is 0 Å². The van der Waals surface area contributed by atoms with Crippen LogP contribution in [0, 0.1) is 20.8 Å². The maximum Gasteiger partial charge on any atom is -0.00115 e. The number of allylic oxidation sites excluding steroid dienone is 12. The molecule has 0 aromatic heterocycles. The van der Waals surface area contributed by atoms with Crippen molar-refractivity contribution in [3.63, 3.8) is 0 Å². The van der Waals surface area contributed by atoms with Crippen LogP contribution in [0.4, 0.5) is 0 Å². The quantitative estimate of drug-likeness (QED) is 0.113. The van der Waals surface area contributed by atoms with Gasteiger partial charge in [-0.05, 0) is 210 Å². The van der Waals surface area contributed by atoms with Crippen molar-refractivity contribution in [2.24, 2.45) is 0 Å². The minimum atomic E-state index is 0.791. The van der Waals surface area contributed by atoms with Gasteiger partial charge in [-0.3, -0.25) is 0 Å². The molecule has 8 aromatic rings. The third-order valence-corrected chi connectivity index (χ3v) is 14.5. The first-order valence-corrected chi connectivity index (χ1v) is 28.8. The molecule has 0 atom stereocenters. The van der Waals surface area contributed by atoms with Crippen LogP contribution in [0.2, 0.25) is 0 Å². The average Bonchev–Trinajstić information content (AvgIpc) is 3.61. The lowest BCUT2D eigenvalue weighted by molar-refractivity contribution is 1.03. The predicted molar refractivity (Wildman–Crippen MR) is 352 cm³/mol. The highest BCUT2D eigenvalue weighted by molar-refractivity contribution is 5.92. The normalized spacial score (nSPS) is 12.6. The second-order valence-electron chi connectivity index (χ2n) is 20.7. The molecule has 0 nitrogen and oxygen atoms in total. The minimum Gasteiger partial charge on any atom is -0.0958 e. The molecule has 0 unspecified atom stereocenters. The molecule has 0 heterocycles. The van der Waals surface area contributed by atoms with Gasteiger partial charge in [0.05, 0.1) is 0 Å². The van der Waals surface area contributed by atoms with Gasteiger partial charge in [0.15, 0.2) is 0 Å². The summed E-state index contributed by atoms with van der Waals surface area (Å²) < 4.78 is 0. The first kappa shape index (κ1) is 60.2. The van der Waals surface area contributed by atoms with Crippen LogP contribution in [0.15, 0.2) is 254 Å². The van der Waals surface area contributed by atoms with E-state index in [2.05, 4.69) is 257 Å². The van der Waals surface area contributed by atoms with Gasteiger partial charge in [0.1, 0.15) is 0 Å². The Morgan fingerprint density at radius 1 is 0.468 bits per heavy atom. The molecule has 0 spiro atoms. The highest BCUT2D eigenvalue weighted by atomic mass is 14.3. The van der Waals surface area contributed by atoms with E-state index < -0.39 is 0 Å². The smallest absolute Gasteiger partial charge is 0.00115 e. The molecule has 0 N–H and O–H groups in total. The number of hydrogen-bond acceptors (Lipinski definition) is 0. The molecule has 0 saturated carbocycles. The lowest BCUT2D eigenvalue weighted by atomic mass is 9.77. The van der Waals surface area contributed by atoms with Crippen LogP contribution in [0.5, 0.6) is 0 Å². The fourth-order valence-corrected chi connectivity index (χ4v) is 10.2. The summed E-state index contributed by atoms with van der Waals surface area (Å²) in [4.78, 5) is 0. The number of benzene rings is 8. The molecule has 10 rings (SSSR count). The van der Waals surface area contributed by atoms with Crippen molar-refractivity contribution in [3.05, 3.63) is 299 Å². The maximum atomic E-state index is 4.62. The van der Waals surface area contributed by atoms with Crippen LogP contribution in [0.25, 0.3) is 66.8 Å². The minimum absolute atomic E-state index is 0.791. The zero-order chi connectivity index (χ0) is 56.7. The van der Waals surface area contributed by atoms with Crippen molar-refractivity contribution < 1.29 is 0 Å². The third kappa shape index (κ3) is 16.5. The molecule has 0 aliphatic heterocycles. The zero-order valence-electron chi connectivity index (χ0n) is 49.5. The topological polar surface area (TPSA) is 0 Å². The van der Waals surface area contributed by atoms with Gasteiger partial charge in [0.25, 0.3) is 0 Å². The van der Waals surface area contributed by atoms with Gasteiger partial charge in [-0.2, -0.15) is 0 Å². The predicted octanol–water partition coefficient (Wildman–Crippen LogP) is 23.6. The van der Waals surface area contributed by atoms with Gasteiger partial charge < -0.3 is 0 Å². The molecule has 0 saturated heterocycles. The molecule has 79 heavy (non-hydrogen) atoms. The van der Waals surface area contributed by atoms with Crippen LogP contribution in [0.1, 0.15) is 132 Å². The summed E-state index contributed by atoms with van der Waals surface area (Å²) in [5.41, 5.74) is 29.4. The van der Waals surface area contributed by atoms with E-state index in [1.807, 2.05) is 57.2 Å². The van der Waals surface area contributed by atoms with Crippen molar-refractivity contribution in [2.45, 2.75) is 115 Å². The molecule has 402 valence electrons. The van der Waals surface area contributed by atoms with E-state index in [-0.39, 0.29) is 0 Å². The molecule has 0 fully saturated rings. The second kappa shape index (κ2) is 30.8. The lowest BCUT2D eigenvalue weighted by Crippen LogP contribution is -2.07. The largest absolute Gasteiger partial charge is 0.0958 e. The van der Waals surface area contributed by atoms with E-state index in [1.54, 1.807) is 0 Å². The molecule has 0 bridgehead atoms. The SMILES string of the molecule is C=C(C)/C(Cc1c(-c2ccccc2C)cc(-c2ccc(C3=CCCC=C3)cc2)c(C2=C(C)C=CCC2)c1C)=C(\C)c1cccc(-c2cccc(-c3ccccc3)c2)c1.C=C(C)c1ccccc1.CC.CCC.Cc1ccccc1. The summed E-state index contributed by atoms with van der Waals surface area (Å²) in [5, 5.41) is 0. The number of hydrogen-bond donors (Lipinski definition) is 0. The Morgan fingerprint density at radius 3 is 1.56 bits per heavy atom. The lowest BCUT2D eigenvalue weighted by Gasteiger charge is -2.27. The van der Waals surface area contributed by atoms with Crippen molar-refractivity contribution in [3.8, 4) is 44.5 Å². The van der Waals surface area contributed by atoms with Crippen molar-refractivity contribution >= 4 is 22.3 Å². The van der Waals surface area contributed by atoms with E-state index in [0.717, 1.165) is 43.3 Å². The Labute approximate surface area is 477 Å². The summed E-state index contributed by atoms with van der Waals surface area (Å²) in [7, 11) is 0. The first-order chi connectivity index (χ1) is 38.4. The summed E-state index contributed by atoms with van der Waals surface area (Å²) in [6, 6.07) is 69.8. The van der Waals surface area contributed by atoms with Crippen LogP contribution in [-0.2, 0) is 6.42 Å². The van der Waals surface area contributed by atoms with Crippen molar-refractivity contribution in [2.75, 3.05) is 0 Å². The van der Waals surface area contributed by atoms with Crippen LogP contribution in [-0.4, -0.2) is 0 Å². The summed E-state index contributed by atoms with van der Waals surface area (Å²) >= 11 is 0. The Kier molecular flexibility index (Phi) is 23.4. The average molecular weight is 1040 g/mol. The zero-order valence-corrected chi connectivity index (χ0v) is 49.5. The highest BCUT2D eigenvalue weighted by Gasteiger charge is 2.24. The van der Waals surface area contributed by atoms with E-state index in [0.29, 0.717) is 0 Å². The maximum absolute atomic E-state index is 4.62. The van der Waals surface area contributed by atoms with E-state index in [1.165, 1.54) is 123 Å². The molecule has 2 aliphatic rings. The second-order valence-corrected chi connectivity index (χ2v) is 20.7. The standard InChI is InChI=1S/C58H54.C9H10.C7H8.C3H8.C2H6/c1-39(2)54(42(5)48-25-17-27-50(35-48)51-28-18-26-49(36-51)45-23-11-8-12-24-45)37-55-43(6)58(53-30-16-14-20-41(53)4)56(38-57(55)52-29-15-13-19-40(52)3)47-33-31-46(32-34-47)44-21-9-7-10-22-44;1-8(2)9-6-4-3-5-7-9;1-7-5-3-2-4-6-7;1-3-2;1-2/h8-9,11-15,17-29,31-36,38H,1,7,10,16,30,37H2,2-6H3;3-7H,1H2,2H3;2-6H,1H3;3H2,1-2H3;1-2H3/b54-42+;;;;. The number of aryl methyl sites for hydroxylation is 2. The Hall–Kier alpha value is -8.06. The van der Waals surface area contributed by atoms with Gasteiger partial charge in [-0.15, -0.1) is 0 Å². The molecule has 0 heteroatoms. The van der Waals surface area contributed by atoms with Gasteiger partial charge in [-0.1, -0.05) is 270 Å². The summed E-state index contributed by atoms with van der Waals surface area (Å²) in [6.07, 6.45) is 18.0. The third-order valence-electron chi connectivity index (χ3n) is 14.5. The van der Waals surface area contributed by atoms with E-state index in [9.17, 15) is 0 Å². The molecule has 8 aromatic carbocycles. The number of rotatable bonds is 11. The molecule has 0 radical (unpaired) electrons. The fourth-order valence-electron chi connectivity index (χ4n) is 10.2. The molecule has 2 aliphatic carbocycles. The van der Waals surface area contributed by atoms with Gasteiger partial charge in [-0.25, -0.2) is 0 Å². The van der Waals surface area contributed by atoms with Crippen LogP contribution < -0.4 is 0 Å². The summed E-state index contributed by atoms with van der Waals surface area (Å²) in [5.74, 6) is 0. The van der Waals surface area contributed by atoms with Crippen LogP contribution >= 0.6 is 0 Å². The fraction of sp³-hybridized carbons (Fsp3) is 0.215. The molecular formula is C79H86. The molecular weight excluding hydrogens is 949 g/mol. The Morgan fingerprint density at radius 2 is 1.00 bits per heavy atom. The Bertz CT molecular complexity index is 3420. The van der Waals surface area contributed by atoms with Crippen LogP contribution in [0.3, 0.4) is 0 Å². The monoisotopic (exact) mass is 1030 g/mol. The van der Waals surface area contributed by atoms with Gasteiger partial charge >= 0.3 is 0 Å². The first-order valence-electron chi connectivity index (χ1n) is 28.8. The van der Waals surface area contributed by atoms with E-state index >= 15 is 0 Å². The van der Waals surface area contributed by atoms with Gasteiger partial charge in [0.2, 0.25) is 0 Å². The molecule has 0 amide bonds. The van der Waals surface area contributed by atoms with Crippen molar-refractivity contribution in [1.82, 2.24) is 0 Å². The Balaban J connectivity index is 0.000000403.